The normalized spacial score (nSPS) is 13.9. The first-order valence-electron chi connectivity index (χ1n) is 10.9. The molecule has 1 saturated heterocycles. The number of fused-ring (bicyclic) bond motifs is 1. The van der Waals surface area contributed by atoms with E-state index in [1.54, 1.807) is 25.3 Å². The van der Waals surface area contributed by atoms with Crippen LogP contribution in [0.4, 0.5) is 11.5 Å². The number of pyridine rings is 2. The van der Waals surface area contributed by atoms with Crippen molar-refractivity contribution in [3.05, 3.63) is 41.0 Å². The molecule has 34 heavy (non-hydrogen) atoms. The van der Waals surface area contributed by atoms with Gasteiger partial charge in [-0.25, -0.2) is 0 Å². The van der Waals surface area contributed by atoms with Crippen LogP contribution in [0.15, 0.2) is 30.5 Å². The fourth-order valence-electron chi connectivity index (χ4n) is 3.73. The number of rotatable bonds is 9. The summed E-state index contributed by atoms with van der Waals surface area (Å²) in [6, 6.07) is 9.12. The number of hydrogen-bond acceptors (Lipinski definition) is 9. The van der Waals surface area contributed by atoms with E-state index in [0.717, 1.165) is 39.3 Å². The molecule has 4 rings (SSSR count). The van der Waals surface area contributed by atoms with Crippen LogP contribution < -0.4 is 19.5 Å². The fourth-order valence-corrected chi connectivity index (χ4v) is 3.88. The monoisotopic (exact) mass is 483 g/mol. The minimum absolute atomic E-state index is 0.342. The number of benzene rings is 1. The molecule has 0 amide bonds. The fraction of sp³-hybridized carbons (Fsp3) is 0.375. The molecule has 1 fully saturated rings. The summed E-state index contributed by atoms with van der Waals surface area (Å²) in [5, 5.41) is 13.9. The van der Waals surface area contributed by atoms with Crippen LogP contribution in [-0.2, 0) is 4.74 Å². The van der Waals surface area contributed by atoms with E-state index < -0.39 is 0 Å². The number of morpholine rings is 1. The second-order valence-corrected chi connectivity index (χ2v) is 8.05. The van der Waals surface area contributed by atoms with Gasteiger partial charge in [0.1, 0.15) is 6.07 Å². The first-order valence-corrected chi connectivity index (χ1v) is 11.3. The van der Waals surface area contributed by atoms with E-state index >= 15 is 0 Å². The number of ether oxygens (including phenoxy) is 4. The van der Waals surface area contributed by atoms with Crippen LogP contribution in [0.3, 0.4) is 0 Å². The predicted molar refractivity (Wildman–Crippen MR) is 129 cm³/mol. The van der Waals surface area contributed by atoms with Gasteiger partial charge in [-0.3, -0.25) is 9.88 Å². The van der Waals surface area contributed by atoms with Crippen LogP contribution in [0, 0.1) is 11.3 Å². The lowest BCUT2D eigenvalue weighted by Gasteiger charge is -2.26. The predicted octanol–water partition coefficient (Wildman–Crippen LogP) is 4.02. The molecular weight excluding hydrogens is 458 g/mol. The molecule has 0 unspecified atom stereocenters. The van der Waals surface area contributed by atoms with Gasteiger partial charge in [-0.1, -0.05) is 11.6 Å². The molecule has 178 valence electrons. The van der Waals surface area contributed by atoms with E-state index in [1.807, 2.05) is 6.07 Å². The average molecular weight is 484 g/mol. The molecule has 0 radical (unpaired) electrons. The second kappa shape index (κ2) is 11.2. The van der Waals surface area contributed by atoms with Gasteiger partial charge in [-0.15, -0.1) is 0 Å². The lowest BCUT2D eigenvalue weighted by atomic mass is 10.1. The molecule has 0 atom stereocenters. The summed E-state index contributed by atoms with van der Waals surface area (Å²) < 4.78 is 22.2. The molecular formula is C24H26ClN5O4. The van der Waals surface area contributed by atoms with Crippen LogP contribution in [-0.4, -0.2) is 68.5 Å². The Hall–Kier alpha value is -3.32. The van der Waals surface area contributed by atoms with Gasteiger partial charge in [0.25, 0.3) is 0 Å². The van der Waals surface area contributed by atoms with E-state index in [-0.39, 0.29) is 0 Å². The second-order valence-electron chi connectivity index (χ2n) is 7.64. The largest absolute Gasteiger partial charge is 0.493 e. The molecule has 0 spiro atoms. The lowest BCUT2D eigenvalue weighted by molar-refractivity contribution is 0.0357. The number of nitrogens with zero attached hydrogens (tertiary/aromatic N) is 4. The zero-order chi connectivity index (χ0) is 23.9. The Morgan fingerprint density at radius 2 is 2.00 bits per heavy atom. The smallest absolute Gasteiger partial charge is 0.214 e. The summed E-state index contributed by atoms with van der Waals surface area (Å²) in [4.78, 5) is 11.2. The maximum Gasteiger partial charge on any atom is 0.214 e. The number of nitrogens with one attached hydrogen (secondary N) is 1. The van der Waals surface area contributed by atoms with Crippen LogP contribution in [0.1, 0.15) is 12.0 Å². The zero-order valence-corrected chi connectivity index (χ0v) is 19.9. The van der Waals surface area contributed by atoms with Gasteiger partial charge in [0.15, 0.2) is 17.3 Å². The Morgan fingerprint density at radius 1 is 1.18 bits per heavy atom. The van der Waals surface area contributed by atoms with Crippen molar-refractivity contribution < 1.29 is 18.9 Å². The summed E-state index contributed by atoms with van der Waals surface area (Å²) in [6.07, 6.45) is 2.39. The van der Waals surface area contributed by atoms with Gasteiger partial charge >= 0.3 is 0 Å². The van der Waals surface area contributed by atoms with Crippen molar-refractivity contribution >= 4 is 34.0 Å². The maximum atomic E-state index is 9.68. The van der Waals surface area contributed by atoms with E-state index in [4.69, 9.17) is 30.5 Å². The standard InChI is InChI=1S/C24H26ClN5O4/c1-31-20-12-17-19(13-21(20)34-9-3-6-30-7-10-33-11-8-30)27-15-16(14-26)23(17)29-24-18(25)4-5-22(28-24)32-2/h4-5,12-13,15H,3,6-11H2,1-2H3,(H,27,28,29). The maximum absolute atomic E-state index is 9.68. The highest BCUT2D eigenvalue weighted by Crippen LogP contribution is 2.38. The highest BCUT2D eigenvalue weighted by molar-refractivity contribution is 6.33. The summed E-state index contributed by atoms with van der Waals surface area (Å²) >= 11 is 6.33. The average Bonchev–Trinajstić information content (AvgIpc) is 2.88. The first-order chi connectivity index (χ1) is 16.6. The molecule has 10 heteroatoms. The summed E-state index contributed by atoms with van der Waals surface area (Å²) in [5.41, 5.74) is 1.51. The third-order valence-corrected chi connectivity index (χ3v) is 5.83. The van der Waals surface area contributed by atoms with Crippen LogP contribution >= 0.6 is 11.6 Å². The Bertz CT molecular complexity index is 1190. The molecule has 1 aliphatic heterocycles. The number of anilines is 2. The molecule has 0 saturated carbocycles. The third kappa shape index (κ3) is 5.42. The van der Waals surface area contributed by atoms with Crippen molar-refractivity contribution in [3.63, 3.8) is 0 Å². The van der Waals surface area contributed by atoms with Crippen molar-refractivity contribution in [1.82, 2.24) is 14.9 Å². The molecule has 1 aliphatic rings. The number of halogens is 1. The van der Waals surface area contributed by atoms with Gasteiger partial charge in [0.05, 0.1) is 55.8 Å². The zero-order valence-electron chi connectivity index (χ0n) is 19.1. The molecule has 2 aromatic heterocycles. The molecule has 0 bridgehead atoms. The summed E-state index contributed by atoms with van der Waals surface area (Å²) in [7, 11) is 3.10. The van der Waals surface area contributed by atoms with Gasteiger partial charge in [-0.05, 0) is 18.6 Å². The van der Waals surface area contributed by atoms with E-state index in [2.05, 4.69) is 26.3 Å². The van der Waals surface area contributed by atoms with Gasteiger partial charge in [0, 0.05) is 43.4 Å². The van der Waals surface area contributed by atoms with Gasteiger partial charge in [-0.2, -0.15) is 10.2 Å². The number of nitriles is 1. The van der Waals surface area contributed by atoms with Crippen LogP contribution in [0.5, 0.6) is 17.4 Å². The molecule has 3 aromatic rings. The third-order valence-electron chi connectivity index (χ3n) is 5.53. The van der Waals surface area contributed by atoms with E-state index in [1.165, 1.54) is 13.3 Å². The lowest BCUT2D eigenvalue weighted by Crippen LogP contribution is -2.37. The highest BCUT2D eigenvalue weighted by atomic mass is 35.5. The molecule has 3 heterocycles. The Kier molecular flexibility index (Phi) is 7.85. The summed E-state index contributed by atoms with van der Waals surface area (Å²) in [5.74, 6) is 1.91. The van der Waals surface area contributed by atoms with Crippen LogP contribution in [0.25, 0.3) is 10.9 Å². The molecule has 1 aromatic carbocycles. The van der Waals surface area contributed by atoms with E-state index in [9.17, 15) is 5.26 Å². The highest BCUT2D eigenvalue weighted by Gasteiger charge is 2.17. The summed E-state index contributed by atoms with van der Waals surface area (Å²) in [6.45, 7) is 4.96. The Labute approximate surface area is 203 Å². The molecule has 9 nitrogen and oxygen atoms in total. The van der Waals surface area contributed by atoms with Gasteiger partial charge in [0.2, 0.25) is 5.88 Å². The van der Waals surface area contributed by atoms with Crippen molar-refractivity contribution in [2.75, 3.05) is 59.0 Å². The minimum Gasteiger partial charge on any atom is -0.493 e. The SMILES string of the molecule is COc1ccc(Cl)c(Nc2c(C#N)cnc3cc(OCCCN4CCOCC4)c(OC)cc23)n1. The van der Waals surface area contributed by atoms with Crippen molar-refractivity contribution in [2.24, 2.45) is 0 Å². The minimum atomic E-state index is 0.342. The first kappa shape index (κ1) is 23.8. The van der Waals surface area contributed by atoms with Crippen molar-refractivity contribution in [2.45, 2.75) is 6.42 Å². The molecule has 0 aliphatic carbocycles. The number of hydrogen-bond donors (Lipinski definition) is 1. The van der Waals surface area contributed by atoms with Crippen molar-refractivity contribution in [1.29, 1.82) is 5.26 Å². The topological polar surface area (TPSA) is 102 Å². The van der Waals surface area contributed by atoms with Crippen molar-refractivity contribution in [3.8, 4) is 23.4 Å². The number of aromatic nitrogens is 2. The molecule has 1 N–H and O–H groups in total. The quantitative estimate of drug-likeness (QED) is 0.452. The van der Waals surface area contributed by atoms with E-state index in [0.29, 0.717) is 57.0 Å². The van der Waals surface area contributed by atoms with Crippen LogP contribution in [0.2, 0.25) is 5.02 Å². The Balaban J connectivity index is 1.59. The van der Waals surface area contributed by atoms with Gasteiger partial charge < -0.3 is 24.3 Å². The number of methoxy groups -OCH3 is 2. The Morgan fingerprint density at radius 3 is 2.74 bits per heavy atom.